The van der Waals surface area contributed by atoms with Crippen LogP contribution in [0.1, 0.15) is 49.8 Å². The van der Waals surface area contributed by atoms with Crippen LogP contribution in [-0.2, 0) is 26.0 Å². The number of sulfonamides is 1. The van der Waals surface area contributed by atoms with Crippen molar-refractivity contribution in [3.8, 4) is 0 Å². The van der Waals surface area contributed by atoms with Crippen molar-refractivity contribution < 1.29 is 18.0 Å². The molecule has 1 unspecified atom stereocenters. The molecule has 0 aliphatic carbocycles. The second-order valence-electron chi connectivity index (χ2n) is 10.1. The van der Waals surface area contributed by atoms with Crippen molar-refractivity contribution in [2.24, 2.45) is 0 Å². The Morgan fingerprint density at radius 1 is 0.850 bits per heavy atom. The predicted molar refractivity (Wildman–Crippen MR) is 161 cm³/mol. The average Bonchev–Trinajstić information content (AvgIpc) is 2.95. The SMILES string of the molecule is CCCCNC(=O)C(CC)N(CCc1ccccc1)C(=O)CN(c1ccc(C)cc1)S(=O)(=O)c1ccc(C)cc1. The number of carbonyl (C=O) groups excluding carboxylic acids is 2. The fourth-order valence-electron chi connectivity index (χ4n) is 4.48. The summed E-state index contributed by atoms with van der Waals surface area (Å²) in [7, 11) is -4.06. The monoisotopic (exact) mass is 563 g/mol. The van der Waals surface area contributed by atoms with Crippen LogP contribution in [0.4, 0.5) is 5.69 Å². The molecule has 1 N–H and O–H groups in total. The quantitative estimate of drug-likeness (QED) is 0.271. The van der Waals surface area contributed by atoms with Gasteiger partial charge in [-0.3, -0.25) is 13.9 Å². The average molecular weight is 564 g/mol. The van der Waals surface area contributed by atoms with E-state index >= 15 is 0 Å². The number of hydrogen-bond donors (Lipinski definition) is 1. The minimum atomic E-state index is -4.06. The molecule has 3 rings (SSSR count). The van der Waals surface area contributed by atoms with Gasteiger partial charge < -0.3 is 10.2 Å². The molecule has 3 aromatic rings. The van der Waals surface area contributed by atoms with Crippen LogP contribution in [0, 0.1) is 13.8 Å². The number of benzene rings is 3. The zero-order chi connectivity index (χ0) is 29.1. The van der Waals surface area contributed by atoms with Crippen LogP contribution < -0.4 is 9.62 Å². The van der Waals surface area contributed by atoms with E-state index in [1.807, 2.05) is 70.2 Å². The Morgan fingerprint density at radius 3 is 2.02 bits per heavy atom. The van der Waals surface area contributed by atoms with Crippen molar-refractivity contribution in [1.29, 1.82) is 0 Å². The lowest BCUT2D eigenvalue weighted by Crippen LogP contribution is -2.53. The van der Waals surface area contributed by atoms with Gasteiger partial charge in [-0.25, -0.2) is 8.42 Å². The summed E-state index contributed by atoms with van der Waals surface area (Å²) < 4.78 is 28.9. The molecule has 8 heteroatoms. The Hall–Kier alpha value is -3.65. The molecule has 40 heavy (non-hydrogen) atoms. The second-order valence-corrected chi connectivity index (χ2v) is 11.9. The smallest absolute Gasteiger partial charge is 0.264 e. The number of anilines is 1. The van der Waals surface area contributed by atoms with Gasteiger partial charge in [0.1, 0.15) is 12.6 Å². The number of hydrogen-bond acceptors (Lipinski definition) is 4. The van der Waals surface area contributed by atoms with Crippen molar-refractivity contribution in [3.05, 3.63) is 95.6 Å². The number of nitrogens with one attached hydrogen (secondary N) is 1. The number of aryl methyl sites for hydroxylation is 2. The van der Waals surface area contributed by atoms with Gasteiger partial charge >= 0.3 is 0 Å². The molecule has 0 fully saturated rings. The molecule has 0 aliphatic heterocycles. The van der Waals surface area contributed by atoms with Gasteiger partial charge in [-0.1, -0.05) is 86.0 Å². The molecule has 0 heterocycles. The van der Waals surface area contributed by atoms with E-state index in [9.17, 15) is 18.0 Å². The van der Waals surface area contributed by atoms with Gasteiger partial charge in [0, 0.05) is 13.1 Å². The van der Waals surface area contributed by atoms with Gasteiger partial charge in [0.25, 0.3) is 10.0 Å². The lowest BCUT2D eigenvalue weighted by atomic mass is 10.1. The standard InChI is InChI=1S/C32H41N3O4S/c1-5-7-22-33-32(37)30(6-2)34(23-21-27-11-9-8-10-12-27)31(36)24-35(28-17-13-25(3)14-18-28)40(38,39)29-19-15-26(4)16-20-29/h8-20,30H,5-7,21-24H2,1-4H3,(H,33,37). The third-order valence-electron chi connectivity index (χ3n) is 6.91. The van der Waals surface area contributed by atoms with Crippen LogP contribution in [0.2, 0.25) is 0 Å². The van der Waals surface area contributed by atoms with Crippen LogP contribution in [-0.4, -0.2) is 50.8 Å². The third kappa shape index (κ3) is 8.18. The van der Waals surface area contributed by atoms with Crippen LogP contribution >= 0.6 is 0 Å². The maximum Gasteiger partial charge on any atom is 0.264 e. The molecule has 1 atom stereocenters. The highest BCUT2D eigenvalue weighted by atomic mass is 32.2. The molecule has 2 amide bonds. The van der Waals surface area contributed by atoms with Crippen LogP contribution in [0.3, 0.4) is 0 Å². The first-order valence-electron chi connectivity index (χ1n) is 13.9. The molecule has 0 aromatic heterocycles. The molecule has 7 nitrogen and oxygen atoms in total. The lowest BCUT2D eigenvalue weighted by molar-refractivity contribution is -0.139. The summed E-state index contributed by atoms with van der Waals surface area (Å²) in [6.07, 6.45) is 2.74. The summed E-state index contributed by atoms with van der Waals surface area (Å²) in [5.41, 5.74) is 3.33. The van der Waals surface area contributed by atoms with Gasteiger partial charge in [-0.15, -0.1) is 0 Å². The van der Waals surface area contributed by atoms with Crippen molar-refractivity contribution in [2.45, 2.75) is 64.3 Å². The van der Waals surface area contributed by atoms with Gasteiger partial charge in [-0.2, -0.15) is 0 Å². The maximum absolute atomic E-state index is 14.0. The van der Waals surface area contributed by atoms with E-state index in [4.69, 9.17) is 0 Å². The first-order chi connectivity index (χ1) is 19.2. The number of rotatable bonds is 14. The summed E-state index contributed by atoms with van der Waals surface area (Å²) in [6, 6.07) is 22.7. The Kier molecular flexibility index (Phi) is 11.3. The molecule has 0 aliphatic rings. The Morgan fingerprint density at radius 2 is 1.45 bits per heavy atom. The molecule has 0 saturated heterocycles. The number of unbranched alkanes of at least 4 members (excludes halogenated alkanes) is 1. The maximum atomic E-state index is 14.0. The zero-order valence-electron chi connectivity index (χ0n) is 24.0. The molecule has 0 saturated carbocycles. The highest BCUT2D eigenvalue weighted by molar-refractivity contribution is 7.92. The van der Waals surface area contributed by atoms with Gasteiger partial charge in [-0.05, 0) is 62.9 Å². The summed E-state index contributed by atoms with van der Waals surface area (Å²) >= 11 is 0. The Balaban J connectivity index is 1.97. The number of carbonyl (C=O) groups is 2. The predicted octanol–water partition coefficient (Wildman–Crippen LogP) is 5.26. The second kappa shape index (κ2) is 14.7. The van der Waals surface area contributed by atoms with E-state index in [1.165, 1.54) is 0 Å². The normalized spacial score (nSPS) is 12.0. The fraction of sp³-hybridized carbons (Fsp3) is 0.375. The van der Waals surface area contributed by atoms with Crippen molar-refractivity contribution in [2.75, 3.05) is 23.9 Å². The van der Waals surface area contributed by atoms with E-state index in [-0.39, 0.29) is 17.3 Å². The van der Waals surface area contributed by atoms with Gasteiger partial charge in [0.05, 0.1) is 10.6 Å². The highest BCUT2D eigenvalue weighted by Crippen LogP contribution is 2.25. The summed E-state index contributed by atoms with van der Waals surface area (Å²) in [5, 5.41) is 2.96. The third-order valence-corrected chi connectivity index (χ3v) is 8.70. The largest absolute Gasteiger partial charge is 0.354 e. The molecule has 3 aromatic carbocycles. The minimum Gasteiger partial charge on any atom is -0.354 e. The molecule has 214 valence electrons. The lowest BCUT2D eigenvalue weighted by Gasteiger charge is -2.33. The van der Waals surface area contributed by atoms with E-state index < -0.39 is 28.5 Å². The van der Waals surface area contributed by atoms with Gasteiger partial charge in [0.15, 0.2) is 0 Å². The summed E-state index contributed by atoms with van der Waals surface area (Å²) in [5.74, 6) is -0.648. The summed E-state index contributed by atoms with van der Waals surface area (Å²) in [6.45, 7) is 8.12. The van der Waals surface area contributed by atoms with E-state index in [0.29, 0.717) is 25.1 Å². The number of nitrogens with zero attached hydrogens (tertiary/aromatic N) is 2. The zero-order valence-corrected chi connectivity index (χ0v) is 24.8. The van der Waals surface area contributed by atoms with Crippen molar-refractivity contribution in [3.63, 3.8) is 0 Å². The molecule has 0 radical (unpaired) electrons. The topological polar surface area (TPSA) is 86.8 Å². The Labute approximate surface area is 239 Å². The van der Waals surface area contributed by atoms with Crippen LogP contribution in [0.15, 0.2) is 83.8 Å². The van der Waals surface area contributed by atoms with E-state index in [0.717, 1.165) is 33.8 Å². The van der Waals surface area contributed by atoms with Gasteiger partial charge in [0.2, 0.25) is 11.8 Å². The minimum absolute atomic E-state index is 0.103. The van der Waals surface area contributed by atoms with Crippen LogP contribution in [0.5, 0.6) is 0 Å². The molecular formula is C32H41N3O4S. The molecule has 0 bridgehead atoms. The first kappa shape index (κ1) is 30.9. The first-order valence-corrected chi connectivity index (χ1v) is 15.4. The highest BCUT2D eigenvalue weighted by Gasteiger charge is 2.33. The van der Waals surface area contributed by atoms with Crippen LogP contribution in [0.25, 0.3) is 0 Å². The van der Waals surface area contributed by atoms with Crippen molar-refractivity contribution in [1.82, 2.24) is 10.2 Å². The molecular weight excluding hydrogens is 522 g/mol. The molecule has 0 spiro atoms. The van der Waals surface area contributed by atoms with E-state index in [2.05, 4.69) is 5.32 Å². The summed E-state index contributed by atoms with van der Waals surface area (Å²) in [4.78, 5) is 28.9. The Bertz CT molecular complexity index is 1340. The van der Waals surface area contributed by atoms with Crippen molar-refractivity contribution >= 4 is 27.5 Å². The number of amides is 2. The van der Waals surface area contributed by atoms with E-state index in [1.54, 1.807) is 41.3 Å². The fourth-order valence-corrected chi connectivity index (χ4v) is 5.89.